The first kappa shape index (κ1) is 16.4. The maximum atomic E-state index is 12.5. The molecule has 1 aromatic carbocycles. The van der Waals surface area contributed by atoms with Crippen molar-refractivity contribution in [1.29, 1.82) is 0 Å². The third kappa shape index (κ3) is 4.28. The molecule has 0 radical (unpaired) electrons. The summed E-state index contributed by atoms with van der Waals surface area (Å²) < 4.78 is 5.30. The Balaban J connectivity index is 2.05. The summed E-state index contributed by atoms with van der Waals surface area (Å²) in [6, 6.07) is 10.4. The second-order valence-electron chi connectivity index (χ2n) is 5.05. The van der Waals surface area contributed by atoms with Crippen LogP contribution >= 0.6 is 11.3 Å². The van der Waals surface area contributed by atoms with Crippen molar-refractivity contribution in [2.45, 2.75) is 32.6 Å². The van der Waals surface area contributed by atoms with Gasteiger partial charge in [0.05, 0.1) is 17.0 Å². The summed E-state index contributed by atoms with van der Waals surface area (Å²) in [6.45, 7) is 2.54. The summed E-state index contributed by atoms with van der Waals surface area (Å²) in [5.74, 6) is -0.550. The number of hydrogen-bond donors (Lipinski definition) is 0. The van der Waals surface area contributed by atoms with E-state index in [1.165, 1.54) is 11.3 Å². The van der Waals surface area contributed by atoms with E-state index in [9.17, 15) is 9.59 Å². The minimum absolute atomic E-state index is 0.131. The molecular weight excluding hydrogens is 296 g/mol. The highest BCUT2D eigenvalue weighted by atomic mass is 32.1. The van der Waals surface area contributed by atoms with E-state index >= 15 is 0 Å². The maximum Gasteiger partial charge on any atom is 0.338 e. The summed E-state index contributed by atoms with van der Waals surface area (Å²) in [7, 11) is 0. The lowest BCUT2D eigenvalue weighted by molar-refractivity contribution is 0.0495. The molecule has 0 aliphatic heterocycles. The Labute approximate surface area is 134 Å². The quantitative estimate of drug-likeness (QED) is 0.402. The first-order valence-electron chi connectivity index (χ1n) is 7.58. The number of esters is 1. The van der Waals surface area contributed by atoms with Crippen molar-refractivity contribution in [3.05, 3.63) is 57.8 Å². The summed E-state index contributed by atoms with van der Waals surface area (Å²) in [5, 5.41) is 1.85. The number of carbonyl (C=O) groups is 2. The van der Waals surface area contributed by atoms with Gasteiger partial charge in [0.25, 0.3) is 0 Å². The number of thiophene rings is 1. The summed E-state index contributed by atoms with van der Waals surface area (Å²) in [5.41, 5.74) is 0.750. The molecule has 0 aliphatic carbocycles. The van der Waals surface area contributed by atoms with Gasteiger partial charge in [-0.15, -0.1) is 11.3 Å². The van der Waals surface area contributed by atoms with Gasteiger partial charge in [0.15, 0.2) is 0 Å². The Hall–Kier alpha value is -1.94. The van der Waals surface area contributed by atoms with E-state index < -0.39 is 5.97 Å². The number of unbranched alkanes of at least 4 members (excludes halogenated alkanes) is 3. The van der Waals surface area contributed by atoms with Gasteiger partial charge in [0, 0.05) is 5.56 Å². The molecule has 0 saturated carbocycles. The molecule has 2 aromatic rings. The molecule has 0 saturated heterocycles. The third-order valence-electron chi connectivity index (χ3n) is 3.37. The van der Waals surface area contributed by atoms with Crippen molar-refractivity contribution < 1.29 is 14.3 Å². The maximum absolute atomic E-state index is 12.5. The van der Waals surface area contributed by atoms with Gasteiger partial charge in [0.1, 0.15) is 0 Å². The average Bonchev–Trinajstić information content (AvgIpc) is 3.08. The zero-order valence-corrected chi connectivity index (χ0v) is 13.5. The molecule has 0 bridgehead atoms. The summed E-state index contributed by atoms with van der Waals surface area (Å²) >= 11 is 1.37. The molecule has 4 heteroatoms. The molecule has 2 rings (SSSR count). The normalized spacial score (nSPS) is 10.4. The zero-order chi connectivity index (χ0) is 15.8. The number of ether oxygens (including phenoxy) is 1. The van der Waals surface area contributed by atoms with Gasteiger partial charge in [-0.05, 0) is 23.9 Å². The monoisotopic (exact) mass is 316 g/mol. The molecule has 1 heterocycles. The molecule has 0 spiro atoms. The van der Waals surface area contributed by atoms with Crippen LogP contribution in [0.2, 0.25) is 0 Å². The molecule has 0 unspecified atom stereocenters. The second kappa shape index (κ2) is 8.49. The summed E-state index contributed by atoms with van der Waals surface area (Å²) in [6.07, 6.45) is 4.21. The predicted octanol–water partition coefficient (Wildman–Crippen LogP) is 4.72. The Kier molecular flexibility index (Phi) is 6.34. The standard InChI is InChI=1S/C18H20O3S/c1-2-3-4-7-12-21-18(20)15-10-6-5-9-14(15)17(19)16-11-8-13-22-16/h5-6,8-11,13H,2-4,7,12H2,1H3. The highest BCUT2D eigenvalue weighted by molar-refractivity contribution is 7.12. The number of ketones is 1. The van der Waals surface area contributed by atoms with Gasteiger partial charge in [-0.1, -0.05) is 50.5 Å². The second-order valence-corrected chi connectivity index (χ2v) is 6.00. The van der Waals surface area contributed by atoms with Gasteiger partial charge >= 0.3 is 5.97 Å². The van der Waals surface area contributed by atoms with Crippen LogP contribution in [-0.2, 0) is 4.74 Å². The van der Waals surface area contributed by atoms with Crippen LogP contribution in [0.25, 0.3) is 0 Å². The number of carbonyl (C=O) groups excluding carboxylic acids is 2. The van der Waals surface area contributed by atoms with Crippen LogP contribution in [-0.4, -0.2) is 18.4 Å². The van der Waals surface area contributed by atoms with Crippen molar-refractivity contribution in [2.24, 2.45) is 0 Å². The molecule has 0 aliphatic rings. The fourth-order valence-corrected chi connectivity index (χ4v) is 2.85. The van der Waals surface area contributed by atoms with E-state index in [4.69, 9.17) is 4.74 Å². The van der Waals surface area contributed by atoms with Crippen LogP contribution in [0.1, 0.15) is 58.2 Å². The van der Waals surface area contributed by atoms with E-state index in [0.29, 0.717) is 22.6 Å². The molecule has 116 valence electrons. The van der Waals surface area contributed by atoms with E-state index in [1.54, 1.807) is 30.3 Å². The molecule has 22 heavy (non-hydrogen) atoms. The van der Waals surface area contributed by atoms with Crippen molar-refractivity contribution in [2.75, 3.05) is 6.61 Å². The van der Waals surface area contributed by atoms with Crippen molar-refractivity contribution in [1.82, 2.24) is 0 Å². The highest BCUT2D eigenvalue weighted by Crippen LogP contribution is 2.19. The highest BCUT2D eigenvalue weighted by Gasteiger charge is 2.19. The summed E-state index contributed by atoms with van der Waals surface area (Å²) in [4.78, 5) is 25.3. The van der Waals surface area contributed by atoms with Crippen LogP contribution in [0.4, 0.5) is 0 Å². The van der Waals surface area contributed by atoms with Gasteiger partial charge in [-0.2, -0.15) is 0 Å². The van der Waals surface area contributed by atoms with Gasteiger partial charge in [-0.25, -0.2) is 4.79 Å². The Morgan fingerprint density at radius 1 is 1.00 bits per heavy atom. The van der Waals surface area contributed by atoms with E-state index in [0.717, 1.165) is 25.7 Å². The lowest BCUT2D eigenvalue weighted by atomic mass is 10.0. The van der Waals surface area contributed by atoms with E-state index in [1.807, 2.05) is 11.4 Å². The van der Waals surface area contributed by atoms with Gasteiger partial charge in [-0.3, -0.25) is 4.79 Å². The Bertz CT molecular complexity index is 617. The first-order valence-corrected chi connectivity index (χ1v) is 8.46. The first-order chi connectivity index (χ1) is 10.7. The Morgan fingerprint density at radius 2 is 1.77 bits per heavy atom. The predicted molar refractivity (Wildman–Crippen MR) is 88.6 cm³/mol. The zero-order valence-electron chi connectivity index (χ0n) is 12.7. The molecule has 0 atom stereocenters. The SMILES string of the molecule is CCCCCCOC(=O)c1ccccc1C(=O)c1cccs1. The minimum atomic E-state index is -0.419. The average molecular weight is 316 g/mol. The lowest BCUT2D eigenvalue weighted by Gasteiger charge is -2.08. The number of hydrogen-bond acceptors (Lipinski definition) is 4. The molecular formula is C18H20O3S. The smallest absolute Gasteiger partial charge is 0.338 e. The Morgan fingerprint density at radius 3 is 2.45 bits per heavy atom. The minimum Gasteiger partial charge on any atom is -0.462 e. The number of benzene rings is 1. The van der Waals surface area contributed by atoms with Crippen LogP contribution < -0.4 is 0 Å². The molecule has 0 N–H and O–H groups in total. The molecule has 0 amide bonds. The van der Waals surface area contributed by atoms with Gasteiger partial charge in [0.2, 0.25) is 5.78 Å². The van der Waals surface area contributed by atoms with Crippen LogP contribution in [0.3, 0.4) is 0 Å². The van der Waals surface area contributed by atoms with E-state index in [2.05, 4.69) is 6.92 Å². The fourth-order valence-electron chi connectivity index (χ4n) is 2.17. The van der Waals surface area contributed by atoms with E-state index in [-0.39, 0.29) is 5.78 Å². The molecule has 3 nitrogen and oxygen atoms in total. The molecule has 1 aromatic heterocycles. The van der Waals surface area contributed by atoms with Crippen LogP contribution in [0, 0.1) is 0 Å². The topological polar surface area (TPSA) is 43.4 Å². The number of rotatable bonds is 8. The van der Waals surface area contributed by atoms with Gasteiger partial charge < -0.3 is 4.74 Å². The lowest BCUT2D eigenvalue weighted by Crippen LogP contribution is -2.12. The van der Waals surface area contributed by atoms with Crippen LogP contribution in [0.15, 0.2) is 41.8 Å². The largest absolute Gasteiger partial charge is 0.462 e. The van der Waals surface area contributed by atoms with Crippen molar-refractivity contribution in [3.8, 4) is 0 Å². The fraction of sp³-hybridized carbons (Fsp3) is 0.333. The van der Waals surface area contributed by atoms with Crippen LogP contribution in [0.5, 0.6) is 0 Å². The molecule has 0 fully saturated rings. The third-order valence-corrected chi connectivity index (χ3v) is 4.24. The van der Waals surface area contributed by atoms with Crippen molar-refractivity contribution in [3.63, 3.8) is 0 Å². The van der Waals surface area contributed by atoms with Crippen molar-refractivity contribution >= 4 is 23.1 Å².